The van der Waals surface area contributed by atoms with Crippen molar-refractivity contribution in [1.82, 2.24) is 0 Å². The summed E-state index contributed by atoms with van der Waals surface area (Å²) >= 11 is 0. The van der Waals surface area contributed by atoms with E-state index in [0.717, 1.165) is 49.5 Å². The molecular weight excluding hydrogens is 370 g/mol. The molecule has 0 aliphatic carbocycles. The van der Waals surface area contributed by atoms with Crippen molar-refractivity contribution in [2.45, 2.75) is 27.3 Å². The highest BCUT2D eigenvalue weighted by Gasteiger charge is 2.25. The van der Waals surface area contributed by atoms with Gasteiger partial charge in [-0.1, -0.05) is 60.2 Å². The molecule has 0 saturated carbocycles. The Kier molecular flexibility index (Phi) is 6.16. The van der Waals surface area contributed by atoms with Crippen molar-refractivity contribution < 1.29 is 14.6 Å². The summed E-state index contributed by atoms with van der Waals surface area (Å²) in [5.41, 5.74) is 5.92. The predicted octanol–water partition coefficient (Wildman–Crippen LogP) is 1.69. The minimum Gasteiger partial charge on any atom is -0.322 e. The Morgan fingerprint density at radius 2 is 1.50 bits per heavy atom. The molecule has 0 atom stereocenters. The van der Waals surface area contributed by atoms with Gasteiger partial charge in [0.2, 0.25) is 0 Å². The fraction of sp³-hybridized carbons (Fsp3) is 0.346. The van der Waals surface area contributed by atoms with Crippen LogP contribution >= 0.6 is 0 Å². The largest absolute Gasteiger partial charge is 0.322 e. The zero-order chi connectivity index (χ0) is 21.1. The SMILES string of the molecule is Cc1cc(C)c(NC(=O)C[NH+]2CC[NH+](Cc3cccc4ccccc34)CC2)c(C)c1. The Labute approximate surface area is 179 Å². The first kappa shape index (κ1) is 20.6. The van der Waals surface area contributed by atoms with E-state index in [-0.39, 0.29) is 5.91 Å². The number of fused-ring (bicyclic) bond motifs is 1. The van der Waals surface area contributed by atoms with Crippen molar-refractivity contribution in [2.24, 2.45) is 0 Å². The smallest absolute Gasteiger partial charge is 0.279 e. The van der Waals surface area contributed by atoms with Gasteiger partial charge in [0.25, 0.3) is 5.91 Å². The highest BCUT2D eigenvalue weighted by Crippen LogP contribution is 2.21. The molecular formula is C26H33N3O+2. The van der Waals surface area contributed by atoms with E-state index in [1.165, 1.54) is 26.8 Å². The van der Waals surface area contributed by atoms with Crippen LogP contribution in [0.25, 0.3) is 10.8 Å². The molecule has 4 nitrogen and oxygen atoms in total. The molecule has 0 aromatic heterocycles. The maximum absolute atomic E-state index is 12.7. The number of hydrogen-bond donors (Lipinski definition) is 3. The number of nitrogens with one attached hydrogen (secondary N) is 3. The molecule has 30 heavy (non-hydrogen) atoms. The molecule has 4 heteroatoms. The van der Waals surface area contributed by atoms with E-state index in [4.69, 9.17) is 0 Å². The second-order valence-corrected chi connectivity index (χ2v) is 8.81. The third-order valence-corrected chi connectivity index (χ3v) is 6.34. The molecule has 156 valence electrons. The zero-order valence-corrected chi connectivity index (χ0v) is 18.3. The van der Waals surface area contributed by atoms with E-state index in [2.05, 4.69) is 80.7 Å². The summed E-state index contributed by atoms with van der Waals surface area (Å²) in [6, 6.07) is 19.5. The third-order valence-electron chi connectivity index (χ3n) is 6.34. The summed E-state index contributed by atoms with van der Waals surface area (Å²) in [7, 11) is 0. The number of rotatable bonds is 5. The summed E-state index contributed by atoms with van der Waals surface area (Å²) in [4.78, 5) is 15.6. The van der Waals surface area contributed by atoms with Gasteiger partial charge in [0.05, 0.1) is 0 Å². The van der Waals surface area contributed by atoms with Crippen molar-refractivity contribution in [1.29, 1.82) is 0 Å². The van der Waals surface area contributed by atoms with Crippen LogP contribution in [-0.4, -0.2) is 38.6 Å². The molecule has 3 aromatic carbocycles. The van der Waals surface area contributed by atoms with Crippen LogP contribution in [0, 0.1) is 20.8 Å². The Hall–Kier alpha value is -2.69. The van der Waals surface area contributed by atoms with E-state index in [9.17, 15) is 4.79 Å². The Morgan fingerprint density at radius 3 is 2.23 bits per heavy atom. The van der Waals surface area contributed by atoms with Gasteiger partial charge in [0.15, 0.2) is 6.54 Å². The number of piperazine rings is 1. The van der Waals surface area contributed by atoms with Crippen molar-refractivity contribution in [3.8, 4) is 0 Å². The molecule has 0 unspecified atom stereocenters. The van der Waals surface area contributed by atoms with Crippen molar-refractivity contribution in [2.75, 3.05) is 38.0 Å². The van der Waals surface area contributed by atoms with E-state index in [1.54, 1.807) is 4.90 Å². The lowest BCUT2D eigenvalue weighted by atomic mass is 10.0. The van der Waals surface area contributed by atoms with Crippen molar-refractivity contribution in [3.63, 3.8) is 0 Å². The minimum absolute atomic E-state index is 0.123. The molecule has 3 aromatic rings. The lowest BCUT2D eigenvalue weighted by molar-refractivity contribution is -1.01. The Balaban J connectivity index is 1.31. The number of quaternary nitrogens is 2. The van der Waals surface area contributed by atoms with Gasteiger partial charge in [-0.25, -0.2) is 0 Å². The van der Waals surface area contributed by atoms with E-state index in [0.29, 0.717) is 6.54 Å². The van der Waals surface area contributed by atoms with Gasteiger partial charge >= 0.3 is 0 Å². The number of amides is 1. The number of anilines is 1. The third kappa shape index (κ3) is 4.72. The number of carbonyl (C=O) groups is 1. The number of benzene rings is 3. The molecule has 4 rings (SSSR count). The molecule has 1 heterocycles. The van der Waals surface area contributed by atoms with Gasteiger partial charge in [0.1, 0.15) is 32.7 Å². The molecule has 1 amide bonds. The quantitative estimate of drug-likeness (QED) is 0.596. The topological polar surface area (TPSA) is 38.0 Å². The van der Waals surface area contributed by atoms with Gasteiger partial charge < -0.3 is 15.1 Å². The second-order valence-electron chi connectivity index (χ2n) is 8.81. The maximum Gasteiger partial charge on any atom is 0.279 e. The van der Waals surface area contributed by atoms with Gasteiger partial charge in [-0.15, -0.1) is 0 Å². The average Bonchev–Trinajstić information content (AvgIpc) is 2.72. The normalized spacial score (nSPS) is 19.0. The molecule has 1 fully saturated rings. The first-order valence-electron chi connectivity index (χ1n) is 11.0. The first-order chi connectivity index (χ1) is 14.5. The summed E-state index contributed by atoms with van der Waals surface area (Å²) in [5.74, 6) is 0.123. The van der Waals surface area contributed by atoms with E-state index < -0.39 is 0 Å². The van der Waals surface area contributed by atoms with Crippen LogP contribution in [0.4, 0.5) is 5.69 Å². The van der Waals surface area contributed by atoms with Crippen molar-refractivity contribution in [3.05, 3.63) is 76.9 Å². The average molecular weight is 404 g/mol. The lowest BCUT2D eigenvalue weighted by Crippen LogP contribution is -3.28. The Morgan fingerprint density at radius 1 is 0.867 bits per heavy atom. The molecule has 1 aliphatic rings. The molecule has 3 N–H and O–H groups in total. The van der Waals surface area contributed by atoms with Gasteiger partial charge in [-0.05, 0) is 42.7 Å². The van der Waals surface area contributed by atoms with E-state index >= 15 is 0 Å². The summed E-state index contributed by atoms with van der Waals surface area (Å²) in [5, 5.41) is 5.84. The van der Waals surface area contributed by atoms with Crippen LogP contribution < -0.4 is 15.1 Å². The lowest BCUT2D eigenvalue weighted by Gasteiger charge is -2.29. The molecule has 1 saturated heterocycles. The van der Waals surface area contributed by atoms with Crippen molar-refractivity contribution >= 4 is 22.4 Å². The first-order valence-corrected chi connectivity index (χ1v) is 11.0. The Bertz CT molecular complexity index is 1020. The van der Waals surface area contributed by atoms with E-state index in [1.807, 2.05) is 0 Å². The highest BCUT2D eigenvalue weighted by atomic mass is 16.2. The second kappa shape index (κ2) is 8.99. The number of carbonyl (C=O) groups excluding carboxylic acids is 1. The number of aryl methyl sites for hydroxylation is 3. The van der Waals surface area contributed by atoms with Gasteiger partial charge in [0, 0.05) is 11.3 Å². The summed E-state index contributed by atoms with van der Waals surface area (Å²) < 4.78 is 0. The number of hydrogen-bond acceptors (Lipinski definition) is 1. The fourth-order valence-corrected chi connectivity index (χ4v) is 4.81. The molecule has 0 spiro atoms. The maximum atomic E-state index is 12.7. The predicted molar refractivity (Wildman–Crippen MR) is 123 cm³/mol. The molecule has 1 aliphatic heterocycles. The standard InChI is InChI=1S/C26H31N3O/c1-19-15-20(2)26(21(3)16-19)27-25(30)18-29-13-11-28(12-14-29)17-23-9-6-8-22-7-4-5-10-24(22)23/h4-10,15-16H,11-14,17-18H2,1-3H3,(H,27,30)/p+2. The zero-order valence-electron chi connectivity index (χ0n) is 18.3. The van der Waals surface area contributed by atoms with Crippen LogP contribution in [0.1, 0.15) is 22.3 Å². The van der Waals surface area contributed by atoms with Crippen LogP contribution in [0.15, 0.2) is 54.6 Å². The summed E-state index contributed by atoms with van der Waals surface area (Å²) in [6.07, 6.45) is 0. The van der Waals surface area contributed by atoms with Gasteiger partial charge in [-0.2, -0.15) is 0 Å². The minimum atomic E-state index is 0.123. The van der Waals surface area contributed by atoms with Gasteiger partial charge in [-0.3, -0.25) is 4.79 Å². The molecule has 0 bridgehead atoms. The van der Waals surface area contributed by atoms with Crippen LogP contribution in [0.2, 0.25) is 0 Å². The highest BCUT2D eigenvalue weighted by molar-refractivity contribution is 5.93. The summed E-state index contributed by atoms with van der Waals surface area (Å²) in [6.45, 7) is 12.1. The van der Waals surface area contributed by atoms with Crippen LogP contribution in [-0.2, 0) is 11.3 Å². The van der Waals surface area contributed by atoms with Crippen LogP contribution in [0.5, 0.6) is 0 Å². The molecule has 0 radical (unpaired) electrons. The fourth-order valence-electron chi connectivity index (χ4n) is 4.81. The van der Waals surface area contributed by atoms with Crippen LogP contribution in [0.3, 0.4) is 0 Å². The monoisotopic (exact) mass is 403 g/mol.